The first-order chi connectivity index (χ1) is 36.8. The van der Waals surface area contributed by atoms with Crippen molar-refractivity contribution in [2.24, 2.45) is 0 Å². The Bertz CT molecular complexity index is 2480. The van der Waals surface area contributed by atoms with Crippen LogP contribution < -0.4 is 20.1 Å². The number of aryl methyl sites for hydroxylation is 4. The molecular weight excluding hydrogens is 979 g/mol. The maximum absolute atomic E-state index is 16.4. The molecule has 76 heavy (non-hydrogen) atoms. The average Bonchev–Trinajstić information content (AvgIpc) is 3.99. The van der Waals surface area contributed by atoms with E-state index in [4.69, 9.17) is 38.4 Å². The number of pyridine rings is 2. The molecule has 18 heteroatoms. The molecule has 0 radical (unpaired) electrons. The Morgan fingerprint density at radius 1 is 0.658 bits per heavy atom. The Labute approximate surface area is 444 Å². The van der Waals surface area contributed by atoms with E-state index < -0.39 is 47.1 Å². The van der Waals surface area contributed by atoms with Gasteiger partial charge in [-0.3, -0.25) is 24.4 Å². The van der Waals surface area contributed by atoms with Gasteiger partial charge < -0.3 is 39.1 Å². The van der Waals surface area contributed by atoms with Gasteiger partial charge in [-0.05, 0) is 123 Å². The van der Waals surface area contributed by atoms with Gasteiger partial charge in [0.1, 0.15) is 41.9 Å². The Balaban J connectivity index is 0.853. The minimum Gasteiger partial charge on any atom is -0.491 e. The number of rotatable bonds is 26. The summed E-state index contributed by atoms with van der Waals surface area (Å²) >= 11 is 0. The van der Waals surface area contributed by atoms with E-state index in [1.165, 1.54) is 5.56 Å². The summed E-state index contributed by atoms with van der Waals surface area (Å²) in [5.41, 5.74) is 3.48. The molecule has 4 aliphatic heterocycles. The number of hydrogen-bond acceptors (Lipinski definition) is 16. The first kappa shape index (κ1) is 55.9. The number of ether oxygens (including phenoxy) is 6. The molecule has 2 saturated heterocycles. The molecule has 4 aliphatic rings. The van der Waals surface area contributed by atoms with Gasteiger partial charge in [-0.1, -0.05) is 30.3 Å². The minimum absolute atomic E-state index is 0.161. The van der Waals surface area contributed by atoms with Gasteiger partial charge in [0.05, 0.1) is 37.4 Å². The van der Waals surface area contributed by atoms with Crippen molar-refractivity contribution in [2.75, 3.05) is 104 Å². The standard InChI is InChI=1S/C58H72F2N6O10/c1-71-29-31-73-48-10-3-7-42(33-48)44(37-65-27-23-57(59,39-65)21-19-46-15-16-50-51(63-46)12-6-25-61-50)35-54(69)75-52(67)17-18-53(68)76-55(70)36-45(43-8-4-11-49(34-43)74-32-30-72-2)38-66-28-24-58(60,40-66)22-20-47-14-13-41-9-5-26-62-56(41)64-47/h3-4,7-8,10-11,13-18,33-34,44-45,61H,5-6,9,12,19-32,35-40H2,1-2H3,(H,62,64)/b18-17-/t44-,45-,57+,58+/m1/s1. The molecule has 0 spiro atoms. The average molecular weight is 1050 g/mol. The Morgan fingerprint density at radius 3 is 1.75 bits per heavy atom. The van der Waals surface area contributed by atoms with E-state index in [1.807, 2.05) is 52.3 Å². The molecular formula is C58H72F2N6O10. The van der Waals surface area contributed by atoms with Gasteiger partial charge in [0.15, 0.2) is 0 Å². The number of fused-ring (bicyclic) bond motifs is 2. The van der Waals surface area contributed by atoms with Gasteiger partial charge in [0.25, 0.3) is 0 Å². The van der Waals surface area contributed by atoms with E-state index >= 15 is 8.78 Å². The number of carbonyl (C=O) groups excluding carboxylic acids is 4. The lowest BCUT2D eigenvalue weighted by atomic mass is 9.94. The zero-order valence-corrected chi connectivity index (χ0v) is 43.8. The Hall–Kier alpha value is -6.34. The number of aromatic nitrogens is 2. The zero-order valence-electron chi connectivity index (χ0n) is 43.8. The molecule has 0 unspecified atom stereocenters. The topological polar surface area (TPSA) is 180 Å². The molecule has 0 aliphatic carbocycles. The predicted molar refractivity (Wildman–Crippen MR) is 282 cm³/mol. The molecule has 2 aromatic carbocycles. The summed E-state index contributed by atoms with van der Waals surface area (Å²) in [7, 11) is 3.15. The summed E-state index contributed by atoms with van der Waals surface area (Å²) in [6, 6.07) is 22.5. The number of likely N-dealkylation sites (tertiary alicyclic amines) is 2. The largest absolute Gasteiger partial charge is 0.491 e. The van der Waals surface area contributed by atoms with Crippen LogP contribution in [0.3, 0.4) is 0 Å². The normalized spacial score (nSPS) is 20.2. The number of anilines is 2. The highest BCUT2D eigenvalue weighted by Crippen LogP contribution is 2.36. The lowest BCUT2D eigenvalue weighted by Crippen LogP contribution is -2.33. The van der Waals surface area contributed by atoms with Gasteiger partial charge in [-0.2, -0.15) is 0 Å². The van der Waals surface area contributed by atoms with Crippen molar-refractivity contribution in [3.05, 3.63) is 119 Å². The van der Waals surface area contributed by atoms with Crippen LogP contribution in [0.5, 0.6) is 11.5 Å². The summed E-state index contributed by atoms with van der Waals surface area (Å²) in [5, 5.41) is 6.71. The van der Waals surface area contributed by atoms with Gasteiger partial charge in [0.2, 0.25) is 0 Å². The van der Waals surface area contributed by atoms with E-state index in [1.54, 1.807) is 38.5 Å². The lowest BCUT2D eigenvalue weighted by Gasteiger charge is -2.25. The van der Waals surface area contributed by atoms with E-state index in [0.29, 0.717) is 103 Å². The summed E-state index contributed by atoms with van der Waals surface area (Å²) in [4.78, 5) is 66.4. The number of halogens is 2. The molecule has 4 aromatic rings. The molecule has 0 bridgehead atoms. The van der Waals surface area contributed by atoms with E-state index in [0.717, 1.165) is 90.6 Å². The van der Waals surface area contributed by atoms with Gasteiger partial charge >= 0.3 is 23.9 Å². The molecule has 8 rings (SSSR count). The van der Waals surface area contributed by atoms with Crippen molar-refractivity contribution in [3.8, 4) is 11.5 Å². The fraction of sp³-hybridized carbons (Fsp3) is 0.517. The maximum atomic E-state index is 16.4. The lowest BCUT2D eigenvalue weighted by molar-refractivity contribution is -0.159. The second kappa shape index (κ2) is 27.1. The van der Waals surface area contributed by atoms with Crippen LogP contribution in [0.1, 0.15) is 97.0 Å². The fourth-order valence-electron chi connectivity index (χ4n) is 10.6. The number of hydrogen-bond donors (Lipinski definition) is 2. The molecule has 0 saturated carbocycles. The fourth-order valence-corrected chi connectivity index (χ4v) is 10.6. The Morgan fingerprint density at radius 2 is 1.18 bits per heavy atom. The Kier molecular flexibility index (Phi) is 19.9. The molecule has 408 valence electrons. The van der Waals surface area contributed by atoms with Crippen LogP contribution in [0.25, 0.3) is 0 Å². The number of nitrogens with one attached hydrogen (secondary N) is 2. The molecule has 2 fully saturated rings. The summed E-state index contributed by atoms with van der Waals surface area (Å²) in [5.74, 6) is -3.04. The van der Waals surface area contributed by atoms with E-state index in [-0.39, 0.29) is 25.9 Å². The number of methoxy groups -OCH3 is 2. The third-order valence-electron chi connectivity index (χ3n) is 14.7. The van der Waals surface area contributed by atoms with Crippen molar-refractivity contribution < 1.29 is 56.4 Å². The SMILES string of the molecule is COCCOc1cccc([C@H](CC(=O)OC(=O)/C=C\C(=O)OC(=O)C[C@H](CN2CC[C@@](F)(CCc3ccc4c(n3)NCCC4)C2)c2cccc(OCCOC)c2)CN2CC[C@@](F)(CCc3ccc4c(n3)CCCN4)C2)c1. The van der Waals surface area contributed by atoms with Crippen molar-refractivity contribution >= 4 is 35.4 Å². The second-order valence-electron chi connectivity index (χ2n) is 20.5. The summed E-state index contributed by atoms with van der Waals surface area (Å²) in [6.45, 7) is 5.00. The molecule has 6 heterocycles. The van der Waals surface area contributed by atoms with Gasteiger partial charge in [0, 0.05) is 102 Å². The number of benzene rings is 2. The van der Waals surface area contributed by atoms with Crippen LogP contribution in [0.15, 0.2) is 84.9 Å². The second-order valence-corrected chi connectivity index (χ2v) is 20.5. The maximum Gasteiger partial charge on any atom is 0.338 e. The van der Waals surface area contributed by atoms with Crippen LogP contribution in [-0.2, 0) is 63.8 Å². The molecule has 4 atom stereocenters. The van der Waals surface area contributed by atoms with Crippen molar-refractivity contribution in [3.63, 3.8) is 0 Å². The third kappa shape index (κ3) is 16.6. The highest BCUT2D eigenvalue weighted by molar-refractivity contribution is 5.99. The summed E-state index contributed by atoms with van der Waals surface area (Å²) < 4.78 is 65.1. The third-order valence-corrected chi connectivity index (χ3v) is 14.7. The van der Waals surface area contributed by atoms with Crippen LogP contribution in [0.4, 0.5) is 20.3 Å². The first-order valence-corrected chi connectivity index (χ1v) is 26.7. The van der Waals surface area contributed by atoms with Crippen molar-refractivity contribution in [1.82, 2.24) is 19.8 Å². The first-order valence-electron chi connectivity index (χ1n) is 26.7. The van der Waals surface area contributed by atoms with Gasteiger partial charge in [-0.25, -0.2) is 23.4 Å². The number of alkyl halides is 2. The smallest absolute Gasteiger partial charge is 0.338 e. The quantitative estimate of drug-likeness (QED) is 0.0270. The molecule has 0 amide bonds. The molecule has 2 aromatic heterocycles. The molecule has 16 nitrogen and oxygen atoms in total. The highest BCUT2D eigenvalue weighted by Gasteiger charge is 2.40. The van der Waals surface area contributed by atoms with Crippen LogP contribution >= 0.6 is 0 Å². The minimum atomic E-state index is -1.46. The van der Waals surface area contributed by atoms with Crippen molar-refractivity contribution in [2.45, 2.75) is 100 Å². The van der Waals surface area contributed by atoms with Crippen LogP contribution in [-0.4, -0.2) is 148 Å². The predicted octanol–water partition coefficient (Wildman–Crippen LogP) is 7.68. The number of carbonyl (C=O) groups is 4. The highest BCUT2D eigenvalue weighted by atomic mass is 19.1. The zero-order chi connectivity index (χ0) is 53.3. The summed E-state index contributed by atoms with van der Waals surface area (Å²) in [6.07, 6.45) is 7.16. The van der Waals surface area contributed by atoms with Crippen molar-refractivity contribution in [1.29, 1.82) is 0 Å². The number of nitrogens with zero attached hydrogens (tertiary/aromatic N) is 4. The monoisotopic (exact) mass is 1050 g/mol. The van der Waals surface area contributed by atoms with Crippen LogP contribution in [0, 0.1) is 0 Å². The van der Waals surface area contributed by atoms with E-state index in [9.17, 15) is 19.2 Å². The number of esters is 4. The van der Waals surface area contributed by atoms with Crippen LogP contribution in [0.2, 0.25) is 0 Å². The van der Waals surface area contributed by atoms with Gasteiger partial charge in [-0.15, -0.1) is 0 Å². The van der Waals surface area contributed by atoms with E-state index in [2.05, 4.69) is 16.7 Å². The molecule has 2 N–H and O–H groups in total.